The van der Waals surface area contributed by atoms with Gasteiger partial charge in [-0.2, -0.15) is 0 Å². The van der Waals surface area contributed by atoms with Crippen molar-refractivity contribution in [3.8, 4) is 22.1 Å². The second kappa shape index (κ2) is 13.8. The number of rotatable bonds is 11. The number of carbonyl (C=O) groups is 1. The Morgan fingerprint density at radius 1 is 1.00 bits per heavy atom. The van der Waals surface area contributed by atoms with Gasteiger partial charge in [-0.05, 0) is 54.8 Å². The van der Waals surface area contributed by atoms with E-state index in [9.17, 15) is 17.4 Å². The second-order valence-electron chi connectivity index (χ2n) is 11.2. The Labute approximate surface area is 284 Å². The summed E-state index contributed by atoms with van der Waals surface area (Å²) in [5.41, 5.74) is 4.70. The van der Waals surface area contributed by atoms with E-state index in [4.69, 9.17) is 14.5 Å². The van der Waals surface area contributed by atoms with Crippen molar-refractivity contribution in [3.63, 3.8) is 0 Å². The number of aromatic nitrogens is 2. The van der Waals surface area contributed by atoms with Gasteiger partial charge in [-0.25, -0.2) is 21.8 Å². The lowest BCUT2D eigenvalue weighted by Crippen LogP contribution is -2.12. The molecular formula is C36H31FN2O6S3. The molecule has 6 aromatic rings. The number of nitrogens with zero attached hydrogens (tertiary/aromatic N) is 2. The molecule has 0 radical (unpaired) electrons. The van der Waals surface area contributed by atoms with E-state index in [2.05, 4.69) is 6.07 Å². The Hall–Kier alpha value is -4.65. The van der Waals surface area contributed by atoms with Gasteiger partial charge in [0.15, 0.2) is 11.6 Å². The van der Waals surface area contributed by atoms with E-state index >= 15 is 4.39 Å². The van der Waals surface area contributed by atoms with Gasteiger partial charge >= 0.3 is 5.97 Å². The van der Waals surface area contributed by atoms with E-state index in [1.807, 2.05) is 36.6 Å². The molecule has 0 saturated carbocycles. The quantitative estimate of drug-likeness (QED) is 0.128. The average molecular weight is 703 g/mol. The highest BCUT2D eigenvalue weighted by Gasteiger charge is 2.25. The number of ether oxygens (including phenoxy) is 2. The molecule has 0 spiro atoms. The maximum atomic E-state index is 15.8. The number of esters is 1. The third-order valence-corrected chi connectivity index (χ3v) is 11.4. The SMILES string of the molecule is COC(=O)CCc1cccc(Cc2csc(-c3cccc(Oc4c(F)cc5c(ccn5S(=O)(=O)c5ccc(C)cc5)c4S(C)=O)c3)n2)c1. The van der Waals surface area contributed by atoms with E-state index < -0.39 is 26.6 Å². The summed E-state index contributed by atoms with van der Waals surface area (Å²) in [6.07, 6.45) is 4.24. The Morgan fingerprint density at radius 3 is 2.50 bits per heavy atom. The zero-order valence-electron chi connectivity index (χ0n) is 26.3. The fourth-order valence-electron chi connectivity index (χ4n) is 5.37. The highest BCUT2D eigenvalue weighted by atomic mass is 32.2. The third kappa shape index (κ3) is 6.96. The first-order chi connectivity index (χ1) is 23.0. The number of fused-ring (bicyclic) bond motifs is 1. The van der Waals surface area contributed by atoms with E-state index in [1.54, 1.807) is 30.3 Å². The van der Waals surface area contributed by atoms with Crippen LogP contribution in [0.25, 0.3) is 21.5 Å². The number of aryl methyl sites for hydroxylation is 2. The minimum Gasteiger partial charge on any atom is -0.469 e. The molecule has 0 saturated heterocycles. The van der Waals surface area contributed by atoms with Crippen molar-refractivity contribution in [1.82, 2.24) is 8.96 Å². The fourth-order valence-corrected chi connectivity index (χ4v) is 8.41. The highest BCUT2D eigenvalue weighted by molar-refractivity contribution is 7.90. The number of thiazole rings is 1. The molecule has 2 heterocycles. The first-order valence-electron chi connectivity index (χ1n) is 14.9. The van der Waals surface area contributed by atoms with Gasteiger partial charge < -0.3 is 9.47 Å². The lowest BCUT2D eigenvalue weighted by atomic mass is 10.0. The number of benzene rings is 4. The molecule has 0 bridgehead atoms. The zero-order chi connectivity index (χ0) is 34.0. The molecule has 4 aromatic carbocycles. The largest absolute Gasteiger partial charge is 0.469 e. The Bertz CT molecular complexity index is 2280. The molecule has 246 valence electrons. The molecule has 0 aliphatic carbocycles. The molecular weight excluding hydrogens is 672 g/mol. The van der Waals surface area contributed by atoms with Gasteiger partial charge in [0.05, 0.1) is 38.9 Å². The molecule has 0 aliphatic heterocycles. The van der Waals surface area contributed by atoms with Crippen LogP contribution in [0.4, 0.5) is 4.39 Å². The summed E-state index contributed by atoms with van der Waals surface area (Å²) in [7, 11) is -4.40. The maximum Gasteiger partial charge on any atom is 0.305 e. The number of hydrogen-bond acceptors (Lipinski definition) is 8. The van der Waals surface area contributed by atoms with Gasteiger partial charge in [-0.15, -0.1) is 11.3 Å². The molecule has 2 aromatic heterocycles. The van der Waals surface area contributed by atoms with Gasteiger partial charge in [0.1, 0.15) is 10.8 Å². The first kappa shape index (κ1) is 33.3. The van der Waals surface area contributed by atoms with Crippen molar-refractivity contribution in [2.24, 2.45) is 0 Å². The Balaban J connectivity index is 1.26. The molecule has 0 aliphatic rings. The molecule has 12 heteroatoms. The highest BCUT2D eigenvalue weighted by Crippen LogP contribution is 2.39. The van der Waals surface area contributed by atoms with Crippen molar-refractivity contribution in [1.29, 1.82) is 0 Å². The van der Waals surface area contributed by atoms with E-state index in [0.717, 1.165) is 43.0 Å². The monoisotopic (exact) mass is 702 g/mol. The first-order valence-corrected chi connectivity index (χ1v) is 18.8. The van der Waals surface area contributed by atoms with Gasteiger partial charge in [-0.3, -0.25) is 9.00 Å². The number of carbonyl (C=O) groups excluding carboxylic acids is 1. The van der Waals surface area contributed by atoms with Crippen LogP contribution in [0, 0.1) is 12.7 Å². The van der Waals surface area contributed by atoms with E-state index in [-0.39, 0.29) is 27.0 Å². The van der Waals surface area contributed by atoms with Crippen molar-refractivity contribution >= 4 is 49.0 Å². The van der Waals surface area contributed by atoms with Crippen molar-refractivity contribution in [2.75, 3.05) is 13.4 Å². The lowest BCUT2D eigenvalue weighted by molar-refractivity contribution is -0.140. The summed E-state index contributed by atoms with van der Waals surface area (Å²) in [4.78, 5) is 16.4. The minimum atomic E-state index is -4.05. The van der Waals surface area contributed by atoms with Gasteiger partial charge in [0.2, 0.25) is 0 Å². The summed E-state index contributed by atoms with van der Waals surface area (Å²) >= 11 is 1.47. The summed E-state index contributed by atoms with van der Waals surface area (Å²) in [6, 6.07) is 24.0. The molecule has 6 rings (SSSR count). The number of hydrogen-bond donors (Lipinski definition) is 0. The van der Waals surface area contributed by atoms with Gasteiger partial charge in [0, 0.05) is 47.7 Å². The van der Waals surface area contributed by atoms with Crippen LogP contribution in [-0.2, 0) is 43.2 Å². The maximum absolute atomic E-state index is 15.8. The summed E-state index contributed by atoms with van der Waals surface area (Å²) in [5, 5.41) is 3.02. The predicted molar refractivity (Wildman–Crippen MR) is 185 cm³/mol. The smallest absolute Gasteiger partial charge is 0.305 e. The molecule has 1 atom stereocenters. The van der Waals surface area contributed by atoms with Crippen molar-refractivity contribution in [3.05, 3.63) is 125 Å². The van der Waals surface area contributed by atoms with Crippen LogP contribution in [0.3, 0.4) is 0 Å². The fraction of sp³-hybridized carbons (Fsp3) is 0.167. The third-order valence-electron chi connectivity index (χ3n) is 7.76. The standard InChI is InChI=1S/C36H31FN2O6S3/c1-23-10-13-29(14-11-23)48(42,43)39-17-16-30-32(39)21-31(37)34(35(30)47(3)41)45-28-9-5-8-26(20-28)36-38-27(22-46-36)19-25-7-4-6-24(18-25)12-15-33(40)44-2/h4-11,13-14,16-18,20-22H,12,15,19H2,1-3H3. The Kier molecular flexibility index (Phi) is 9.58. The van der Waals surface area contributed by atoms with Crippen molar-refractivity contribution < 1.29 is 31.3 Å². The van der Waals surface area contributed by atoms with Crippen LogP contribution < -0.4 is 4.74 Å². The van der Waals surface area contributed by atoms with Crippen LogP contribution >= 0.6 is 11.3 Å². The summed E-state index contributed by atoms with van der Waals surface area (Å²) in [6.45, 7) is 1.85. The topological polar surface area (TPSA) is 105 Å². The van der Waals surface area contributed by atoms with Gasteiger partial charge in [0.25, 0.3) is 10.0 Å². The molecule has 0 fully saturated rings. The summed E-state index contributed by atoms with van der Waals surface area (Å²) < 4.78 is 67.5. The van der Waals surface area contributed by atoms with Crippen LogP contribution in [0.2, 0.25) is 0 Å². The average Bonchev–Trinajstić information content (AvgIpc) is 3.72. The molecule has 0 N–H and O–H groups in total. The number of halogens is 1. The molecule has 8 nitrogen and oxygen atoms in total. The molecule has 1 unspecified atom stereocenters. The van der Waals surface area contributed by atoms with Gasteiger partial charge in [-0.1, -0.05) is 54.1 Å². The van der Waals surface area contributed by atoms with E-state index in [1.165, 1.54) is 49.1 Å². The van der Waals surface area contributed by atoms with Crippen LogP contribution in [0.1, 0.15) is 28.8 Å². The zero-order valence-corrected chi connectivity index (χ0v) is 28.8. The molecule has 0 amide bonds. The van der Waals surface area contributed by atoms with Crippen LogP contribution in [0.15, 0.2) is 106 Å². The lowest BCUT2D eigenvalue weighted by Gasteiger charge is -2.14. The molecule has 48 heavy (non-hydrogen) atoms. The number of methoxy groups -OCH3 is 1. The predicted octanol–water partition coefficient (Wildman–Crippen LogP) is 7.68. The summed E-state index contributed by atoms with van der Waals surface area (Å²) in [5.74, 6) is -1.03. The minimum absolute atomic E-state index is 0.0526. The van der Waals surface area contributed by atoms with Crippen molar-refractivity contribution in [2.45, 2.75) is 36.0 Å². The Morgan fingerprint density at radius 2 is 1.75 bits per heavy atom. The second-order valence-corrected chi connectivity index (χ2v) is 15.2. The normalized spacial score (nSPS) is 12.2. The van der Waals surface area contributed by atoms with E-state index in [0.29, 0.717) is 30.4 Å². The van der Waals surface area contributed by atoms with Crippen LogP contribution in [-0.4, -0.2) is 40.9 Å². The van der Waals surface area contributed by atoms with Crippen LogP contribution in [0.5, 0.6) is 11.5 Å².